The highest BCUT2D eigenvalue weighted by Crippen LogP contribution is 2.48. The van der Waals surface area contributed by atoms with E-state index in [9.17, 15) is 13.6 Å². The van der Waals surface area contributed by atoms with Gasteiger partial charge in [-0.1, -0.05) is 12.1 Å². The zero-order valence-electron chi connectivity index (χ0n) is 15.7. The number of aromatic amines is 1. The molecule has 1 aliphatic rings. The lowest BCUT2D eigenvalue weighted by atomic mass is 10.1. The molecule has 3 atom stereocenters. The first-order valence-electron chi connectivity index (χ1n) is 9.61. The third kappa shape index (κ3) is 3.40. The highest BCUT2D eigenvalue weighted by molar-refractivity contribution is 7.19. The molecule has 1 aliphatic carbocycles. The first-order chi connectivity index (χ1) is 14.0. The Balaban J connectivity index is 1.24. The van der Waals surface area contributed by atoms with Crippen LogP contribution in [0.4, 0.5) is 8.78 Å². The van der Waals surface area contributed by atoms with Gasteiger partial charge in [0, 0.05) is 22.4 Å². The predicted octanol–water partition coefficient (Wildman–Crippen LogP) is 5.43. The predicted molar refractivity (Wildman–Crippen MR) is 110 cm³/mol. The number of H-pyrrole nitrogens is 1. The largest absolute Gasteiger partial charge is 0.349 e. The summed E-state index contributed by atoms with van der Waals surface area (Å²) in [6.45, 7) is 1.76. The maximum atomic E-state index is 14.6. The van der Waals surface area contributed by atoms with Crippen LogP contribution in [0.3, 0.4) is 0 Å². The topological polar surface area (TPSA) is 57.8 Å². The lowest BCUT2D eigenvalue weighted by molar-refractivity contribution is -0.122. The van der Waals surface area contributed by atoms with Crippen molar-refractivity contribution >= 4 is 38.4 Å². The molecule has 0 bridgehead atoms. The van der Waals surface area contributed by atoms with Crippen molar-refractivity contribution in [2.75, 3.05) is 0 Å². The Morgan fingerprint density at radius 1 is 1.31 bits per heavy atom. The second-order valence-electron chi connectivity index (χ2n) is 7.66. The highest BCUT2D eigenvalue weighted by atomic mass is 32.1. The van der Waals surface area contributed by atoms with Crippen LogP contribution in [0.1, 0.15) is 42.4 Å². The first-order valence-corrected chi connectivity index (χ1v) is 10.4. The molecular weight excluding hydrogens is 392 g/mol. The summed E-state index contributed by atoms with van der Waals surface area (Å²) in [6.07, 6.45) is 1.30. The van der Waals surface area contributed by atoms with E-state index in [2.05, 4.69) is 15.3 Å². The molecule has 0 unspecified atom stereocenters. The van der Waals surface area contributed by atoms with E-state index < -0.39 is 11.9 Å². The summed E-state index contributed by atoms with van der Waals surface area (Å²) in [7, 11) is 0. The molecule has 0 saturated heterocycles. The van der Waals surface area contributed by atoms with Crippen LogP contribution in [0, 0.1) is 17.6 Å². The molecule has 2 aromatic heterocycles. The van der Waals surface area contributed by atoms with E-state index in [1.807, 2.05) is 24.3 Å². The Morgan fingerprint density at radius 2 is 2.14 bits per heavy atom. The van der Waals surface area contributed by atoms with E-state index >= 15 is 0 Å². The summed E-state index contributed by atoms with van der Waals surface area (Å²) < 4.78 is 28.6. The van der Waals surface area contributed by atoms with Gasteiger partial charge in [-0.25, -0.2) is 13.8 Å². The quantitative estimate of drug-likeness (QED) is 0.460. The first kappa shape index (κ1) is 18.2. The van der Waals surface area contributed by atoms with Gasteiger partial charge in [-0.05, 0) is 49.6 Å². The van der Waals surface area contributed by atoms with Crippen LogP contribution in [-0.4, -0.2) is 15.9 Å². The van der Waals surface area contributed by atoms with Crippen LogP contribution in [-0.2, 0) is 4.79 Å². The van der Waals surface area contributed by atoms with Gasteiger partial charge in [0.05, 0.1) is 22.0 Å². The van der Waals surface area contributed by atoms with Gasteiger partial charge in [-0.3, -0.25) is 4.79 Å². The van der Waals surface area contributed by atoms with Crippen molar-refractivity contribution in [2.45, 2.75) is 31.7 Å². The number of hydrogen-bond donors (Lipinski definition) is 2. The molecule has 2 aromatic carbocycles. The minimum Gasteiger partial charge on any atom is -0.349 e. The Bertz CT molecular complexity index is 1200. The number of amides is 1. The Labute approximate surface area is 170 Å². The summed E-state index contributed by atoms with van der Waals surface area (Å²) >= 11 is 1.18. The van der Waals surface area contributed by atoms with E-state index in [0.29, 0.717) is 21.4 Å². The third-order valence-corrected chi connectivity index (χ3v) is 6.83. The fourth-order valence-corrected chi connectivity index (χ4v) is 5.01. The van der Waals surface area contributed by atoms with Crippen molar-refractivity contribution in [3.05, 3.63) is 64.8 Å². The number of imidazole rings is 1. The molecule has 148 valence electrons. The van der Waals surface area contributed by atoms with Crippen LogP contribution in [0.15, 0.2) is 42.5 Å². The second-order valence-corrected chi connectivity index (χ2v) is 8.74. The molecule has 0 radical (unpaired) electrons. The summed E-state index contributed by atoms with van der Waals surface area (Å²) in [4.78, 5) is 20.9. The number of halogens is 2. The minimum absolute atomic E-state index is 0.107. The molecule has 2 N–H and O–H groups in total. The SMILES string of the molecule is C[C@@H](NC(=O)C[C@@H]1C[C@@H]1c1nc2ccccc2[nH]1)c1sc2cc(F)ccc2c1F. The number of fused-ring (bicyclic) bond motifs is 2. The number of nitrogens with zero attached hydrogens (tertiary/aromatic N) is 1. The lowest BCUT2D eigenvalue weighted by Crippen LogP contribution is -2.26. The average Bonchev–Trinajstić information content (AvgIpc) is 3.18. The van der Waals surface area contributed by atoms with Crippen molar-refractivity contribution in [2.24, 2.45) is 5.92 Å². The summed E-state index contributed by atoms with van der Waals surface area (Å²) in [6, 6.07) is 11.4. The fraction of sp³-hybridized carbons (Fsp3) is 0.273. The normalized spacial score (nSPS) is 19.6. The molecule has 1 fully saturated rings. The minimum atomic E-state index is -0.466. The molecule has 0 spiro atoms. The van der Waals surface area contributed by atoms with Gasteiger partial charge in [-0.2, -0.15) is 0 Å². The van der Waals surface area contributed by atoms with Gasteiger partial charge in [0.1, 0.15) is 17.5 Å². The number of para-hydroxylation sites is 2. The molecule has 0 aliphatic heterocycles. The number of rotatable bonds is 5. The Morgan fingerprint density at radius 3 is 2.97 bits per heavy atom. The highest BCUT2D eigenvalue weighted by Gasteiger charge is 2.42. The van der Waals surface area contributed by atoms with E-state index in [1.165, 1.54) is 29.5 Å². The fourth-order valence-electron chi connectivity index (χ4n) is 3.90. The Kier molecular flexibility index (Phi) is 4.35. The molecule has 4 nitrogen and oxygen atoms in total. The van der Waals surface area contributed by atoms with Crippen LogP contribution >= 0.6 is 11.3 Å². The van der Waals surface area contributed by atoms with Crippen LogP contribution in [0.25, 0.3) is 21.1 Å². The van der Waals surface area contributed by atoms with Crippen LogP contribution in [0.2, 0.25) is 0 Å². The zero-order chi connectivity index (χ0) is 20.1. The summed E-state index contributed by atoms with van der Waals surface area (Å²) in [5.41, 5.74) is 1.94. The van der Waals surface area contributed by atoms with Crippen LogP contribution in [0.5, 0.6) is 0 Å². The van der Waals surface area contributed by atoms with Crippen molar-refractivity contribution in [1.29, 1.82) is 0 Å². The van der Waals surface area contributed by atoms with Gasteiger partial charge in [0.2, 0.25) is 5.91 Å². The van der Waals surface area contributed by atoms with Gasteiger partial charge < -0.3 is 10.3 Å². The average molecular weight is 411 g/mol. The number of nitrogens with one attached hydrogen (secondary N) is 2. The summed E-state index contributed by atoms with van der Waals surface area (Å²) in [5, 5.41) is 3.28. The molecule has 4 aromatic rings. The maximum absolute atomic E-state index is 14.6. The van der Waals surface area contributed by atoms with Crippen molar-refractivity contribution in [3.63, 3.8) is 0 Å². The van der Waals surface area contributed by atoms with E-state index in [4.69, 9.17) is 0 Å². The lowest BCUT2D eigenvalue weighted by Gasteiger charge is -2.12. The number of hydrogen-bond acceptors (Lipinski definition) is 3. The number of aromatic nitrogens is 2. The smallest absolute Gasteiger partial charge is 0.220 e. The van der Waals surface area contributed by atoms with Crippen molar-refractivity contribution < 1.29 is 13.6 Å². The van der Waals surface area contributed by atoms with E-state index in [-0.39, 0.29) is 23.6 Å². The van der Waals surface area contributed by atoms with E-state index in [0.717, 1.165) is 23.3 Å². The van der Waals surface area contributed by atoms with Gasteiger partial charge in [0.25, 0.3) is 0 Å². The standard InChI is InChI=1S/C22H19F2N3OS/c1-11(21-20(24)14-7-6-13(23)10-18(14)29-21)25-19(28)9-12-8-15(12)22-26-16-4-2-3-5-17(16)27-22/h2-7,10-12,15H,8-9H2,1H3,(H,25,28)(H,26,27)/t11-,12+,15+/m1/s1. The second kappa shape index (κ2) is 6.91. The number of carbonyl (C=O) groups is 1. The molecule has 1 amide bonds. The van der Waals surface area contributed by atoms with Crippen molar-refractivity contribution in [1.82, 2.24) is 15.3 Å². The number of carbonyl (C=O) groups excluding carboxylic acids is 1. The molecule has 2 heterocycles. The van der Waals surface area contributed by atoms with Gasteiger partial charge in [0.15, 0.2) is 0 Å². The molecule has 7 heteroatoms. The molecule has 29 heavy (non-hydrogen) atoms. The molecule has 5 rings (SSSR count). The zero-order valence-corrected chi connectivity index (χ0v) is 16.5. The summed E-state index contributed by atoms with van der Waals surface area (Å²) in [5.74, 6) is 0.534. The van der Waals surface area contributed by atoms with Crippen molar-refractivity contribution in [3.8, 4) is 0 Å². The van der Waals surface area contributed by atoms with Gasteiger partial charge >= 0.3 is 0 Å². The Hall–Kier alpha value is -2.80. The van der Waals surface area contributed by atoms with Crippen LogP contribution < -0.4 is 5.32 Å². The van der Waals surface area contributed by atoms with E-state index in [1.54, 1.807) is 6.92 Å². The third-order valence-electron chi connectivity index (χ3n) is 5.52. The number of thiophene rings is 1. The number of benzene rings is 2. The molecular formula is C22H19F2N3OS. The molecule has 1 saturated carbocycles. The maximum Gasteiger partial charge on any atom is 0.220 e. The van der Waals surface area contributed by atoms with Gasteiger partial charge in [-0.15, -0.1) is 11.3 Å². The monoisotopic (exact) mass is 411 g/mol.